The van der Waals surface area contributed by atoms with Crippen molar-refractivity contribution in [3.63, 3.8) is 0 Å². The van der Waals surface area contributed by atoms with Crippen molar-refractivity contribution in [2.24, 2.45) is 0 Å². The topological polar surface area (TPSA) is 29.1 Å². The summed E-state index contributed by atoms with van der Waals surface area (Å²) in [7, 11) is 0. The van der Waals surface area contributed by atoms with Gasteiger partial charge in [0.15, 0.2) is 0 Å². The van der Waals surface area contributed by atoms with E-state index < -0.39 is 0 Å². The zero-order chi connectivity index (χ0) is 12.1. The third kappa shape index (κ3) is 2.77. The van der Waals surface area contributed by atoms with Crippen LogP contribution in [0.1, 0.15) is 29.3 Å². The van der Waals surface area contributed by atoms with Gasteiger partial charge in [-0.05, 0) is 25.0 Å². The van der Waals surface area contributed by atoms with Crippen molar-refractivity contribution in [2.45, 2.75) is 26.3 Å². The Hall–Kier alpha value is -1.46. The molecule has 0 spiro atoms. The fourth-order valence-corrected chi connectivity index (χ4v) is 1.53. The summed E-state index contributed by atoms with van der Waals surface area (Å²) in [5.74, 6) is 2.29. The van der Waals surface area contributed by atoms with Crippen molar-refractivity contribution in [3.05, 3.63) is 34.3 Å². The Kier molecular flexibility index (Phi) is 4.39. The number of hydrogen-bond donors (Lipinski definition) is 1. The minimum Gasteiger partial charge on any atom is -0.338 e. The minimum absolute atomic E-state index is 0.224. The number of amides is 1. The maximum absolute atomic E-state index is 11.9. The van der Waals surface area contributed by atoms with E-state index in [4.69, 9.17) is 18.0 Å². The fraction of sp³-hybridized carbons (Fsp3) is 0.308. The summed E-state index contributed by atoms with van der Waals surface area (Å²) < 4.78 is 0. The number of rotatable bonds is 3. The molecule has 0 saturated carbocycles. The van der Waals surface area contributed by atoms with E-state index in [-0.39, 0.29) is 11.9 Å². The molecule has 0 saturated heterocycles. The highest BCUT2D eigenvalue weighted by Crippen LogP contribution is 2.20. The number of carbonyl (C=O) groups excluding carboxylic acids is 1. The minimum atomic E-state index is -0.246. The van der Waals surface area contributed by atoms with Gasteiger partial charge < -0.3 is 5.32 Å². The van der Waals surface area contributed by atoms with Gasteiger partial charge in [-0.25, -0.2) is 0 Å². The van der Waals surface area contributed by atoms with E-state index in [9.17, 15) is 4.79 Å². The van der Waals surface area contributed by atoms with Gasteiger partial charge in [-0.3, -0.25) is 4.79 Å². The second-order valence-corrected chi connectivity index (χ2v) is 3.92. The Morgan fingerprint density at radius 3 is 2.88 bits per heavy atom. The van der Waals surface area contributed by atoms with Crippen LogP contribution >= 0.6 is 11.6 Å². The molecular weight excluding hydrogens is 222 g/mol. The number of aryl methyl sites for hydroxylation is 1. The van der Waals surface area contributed by atoms with E-state index >= 15 is 0 Å². The van der Waals surface area contributed by atoms with Crippen LogP contribution in [0.4, 0.5) is 0 Å². The Balaban J connectivity index is 2.90. The molecule has 1 aromatic carbocycles. The first-order valence-electron chi connectivity index (χ1n) is 5.12. The third-order valence-electron chi connectivity index (χ3n) is 2.35. The van der Waals surface area contributed by atoms with Crippen molar-refractivity contribution in [1.29, 1.82) is 0 Å². The third-order valence-corrected chi connectivity index (χ3v) is 2.85. The van der Waals surface area contributed by atoms with E-state index in [1.165, 1.54) is 0 Å². The Labute approximate surface area is 101 Å². The number of terminal acetylenes is 1. The van der Waals surface area contributed by atoms with Gasteiger partial charge in [0.1, 0.15) is 0 Å². The van der Waals surface area contributed by atoms with Crippen LogP contribution in [0.3, 0.4) is 0 Å². The maximum atomic E-state index is 11.9. The van der Waals surface area contributed by atoms with Crippen LogP contribution in [0.15, 0.2) is 18.2 Å². The molecule has 0 radical (unpaired) electrons. The fourth-order valence-electron chi connectivity index (χ4n) is 1.32. The molecule has 0 aromatic heterocycles. The molecule has 0 bridgehead atoms. The quantitative estimate of drug-likeness (QED) is 0.802. The molecule has 3 heteroatoms. The van der Waals surface area contributed by atoms with E-state index in [2.05, 4.69) is 11.2 Å². The van der Waals surface area contributed by atoms with Crippen LogP contribution in [-0.2, 0) is 0 Å². The molecule has 1 rings (SSSR count). The molecule has 0 aliphatic carbocycles. The van der Waals surface area contributed by atoms with Crippen molar-refractivity contribution >= 4 is 17.5 Å². The summed E-state index contributed by atoms with van der Waals surface area (Å²) >= 11 is 6.05. The Morgan fingerprint density at radius 2 is 2.31 bits per heavy atom. The summed E-state index contributed by atoms with van der Waals surface area (Å²) in [5, 5.41) is 3.22. The average Bonchev–Trinajstić information content (AvgIpc) is 2.29. The summed E-state index contributed by atoms with van der Waals surface area (Å²) in [6.45, 7) is 3.78. The van der Waals surface area contributed by atoms with Crippen molar-refractivity contribution in [2.75, 3.05) is 0 Å². The predicted octanol–water partition coefficient (Wildman–Crippen LogP) is 2.79. The average molecular weight is 236 g/mol. The monoisotopic (exact) mass is 235 g/mol. The first-order valence-corrected chi connectivity index (χ1v) is 5.50. The predicted molar refractivity (Wildman–Crippen MR) is 66.6 cm³/mol. The zero-order valence-corrected chi connectivity index (χ0v) is 10.1. The van der Waals surface area contributed by atoms with Crippen LogP contribution in [0.5, 0.6) is 0 Å². The molecule has 1 atom stereocenters. The van der Waals surface area contributed by atoms with Gasteiger partial charge in [-0.15, -0.1) is 6.42 Å². The summed E-state index contributed by atoms with van der Waals surface area (Å²) in [4.78, 5) is 11.9. The summed E-state index contributed by atoms with van der Waals surface area (Å²) in [5.41, 5.74) is 1.35. The summed E-state index contributed by atoms with van der Waals surface area (Å²) in [6, 6.07) is 5.10. The zero-order valence-electron chi connectivity index (χ0n) is 9.38. The highest BCUT2D eigenvalue weighted by atomic mass is 35.5. The molecule has 84 valence electrons. The van der Waals surface area contributed by atoms with Gasteiger partial charge in [0, 0.05) is 0 Å². The van der Waals surface area contributed by atoms with Crippen LogP contribution in [0.2, 0.25) is 5.02 Å². The lowest BCUT2D eigenvalue weighted by Crippen LogP contribution is -2.33. The molecule has 1 aromatic rings. The van der Waals surface area contributed by atoms with Gasteiger partial charge in [0.25, 0.3) is 5.91 Å². The van der Waals surface area contributed by atoms with Crippen molar-refractivity contribution in [3.8, 4) is 12.3 Å². The van der Waals surface area contributed by atoms with Gasteiger partial charge >= 0.3 is 0 Å². The Bertz CT molecular complexity index is 434. The second kappa shape index (κ2) is 5.58. The van der Waals surface area contributed by atoms with E-state index in [1.54, 1.807) is 12.1 Å². The van der Waals surface area contributed by atoms with Crippen LogP contribution in [0.25, 0.3) is 0 Å². The van der Waals surface area contributed by atoms with E-state index in [0.717, 1.165) is 5.56 Å². The Morgan fingerprint density at radius 1 is 1.62 bits per heavy atom. The normalized spacial score (nSPS) is 11.6. The first-order chi connectivity index (χ1) is 7.60. The van der Waals surface area contributed by atoms with E-state index in [1.807, 2.05) is 19.9 Å². The highest BCUT2D eigenvalue weighted by Gasteiger charge is 2.13. The molecular formula is C13H14ClNO. The van der Waals surface area contributed by atoms with Crippen LogP contribution < -0.4 is 5.32 Å². The molecule has 1 amide bonds. The van der Waals surface area contributed by atoms with E-state index in [0.29, 0.717) is 17.0 Å². The van der Waals surface area contributed by atoms with Crippen molar-refractivity contribution in [1.82, 2.24) is 5.32 Å². The number of benzene rings is 1. The standard InChI is InChI=1S/C13H14ClNO/c1-4-10(5-2)15-13(16)11-8-6-7-9(3)12(11)14/h1,6-8,10H,5H2,2-3H3,(H,15,16). The molecule has 2 nitrogen and oxygen atoms in total. The number of hydrogen-bond acceptors (Lipinski definition) is 1. The van der Waals surface area contributed by atoms with Gasteiger partial charge in [0.05, 0.1) is 16.6 Å². The van der Waals surface area contributed by atoms with Gasteiger partial charge in [0.2, 0.25) is 0 Å². The lowest BCUT2D eigenvalue weighted by atomic mass is 10.1. The van der Waals surface area contributed by atoms with Crippen LogP contribution in [-0.4, -0.2) is 11.9 Å². The molecule has 1 N–H and O–H groups in total. The number of halogens is 1. The highest BCUT2D eigenvalue weighted by molar-refractivity contribution is 6.34. The first kappa shape index (κ1) is 12.6. The van der Waals surface area contributed by atoms with Crippen LogP contribution in [0, 0.1) is 19.3 Å². The number of carbonyl (C=O) groups is 1. The van der Waals surface area contributed by atoms with Crippen molar-refractivity contribution < 1.29 is 4.79 Å². The lowest BCUT2D eigenvalue weighted by Gasteiger charge is -2.12. The lowest BCUT2D eigenvalue weighted by molar-refractivity contribution is 0.0945. The molecule has 0 heterocycles. The smallest absolute Gasteiger partial charge is 0.253 e. The molecule has 0 aliphatic rings. The molecule has 16 heavy (non-hydrogen) atoms. The SMILES string of the molecule is C#CC(CC)NC(=O)c1cccc(C)c1Cl. The van der Waals surface area contributed by atoms with Gasteiger partial charge in [-0.2, -0.15) is 0 Å². The second-order valence-electron chi connectivity index (χ2n) is 3.54. The summed E-state index contributed by atoms with van der Waals surface area (Å²) in [6.07, 6.45) is 5.98. The molecule has 0 fully saturated rings. The maximum Gasteiger partial charge on any atom is 0.253 e. The molecule has 0 aliphatic heterocycles. The van der Waals surface area contributed by atoms with Gasteiger partial charge in [-0.1, -0.05) is 36.6 Å². The number of nitrogens with one attached hydrogen (secondary N) is 1. The molecule has 1 unspecified atom stereocenters. The largest absolute Gasteiger partial charge is 0.338 e.